The number of hydrogen-bond acceptors (Lipinski definition) is 9. The van der Waals surface area contributed by atoms with Gasteiger partial charge in [0.2, 0.25) is 11.7 Å². The lowest BCUT2D eigenvalue weighted by Crippen LogP contribution is -3.12. The van der Waals surface area contributed by atoms with E-state index in [4.69, 9.17) is 9.90 Å². The molecule has 1 amide bonds. The van der Waals surface area contributed by atoms with Gasteiger partial charge in [-0.15, -0.1) is 0 Å². The summed E-state index contributed by atoms with van der Waals surface area (Å²) in [5, 5.41) is 19.1. The van der Waals surface area contributed by atoms with Crippen molar-refractivity contribution in [1.29, 1.82) is 0 Å². The van der Waals surface area contributed by atoms with Gasteiger partial charge in [-0.1, -0.05) is 0 Å². The van der Waals surface area contributed by atoms with Gasteiger partial charge in [-0.3, -0.25) is 14.0 Å². The van der Waals surface area contributed by atoms with Gasteiger partial charge in [-0.05, 0) is 19.4 Å². The van der Waals surface area contributed by atoms with Crippen molar-refractivity contribution in [3.05, 3.63) is 28.3 Å². The molecule has 0 aromatic carbocycles. The van der Waals surface area contributed by atoms with Gasteiger partial charge in [0, 0.05) is 25.1 Å². The molecular formula is C21H27N5O7. The Bertz CT molecular complexity index is 1130. The number of likely N-dealkylation sites (N-methyl/N-ethyl adjacent to an activating group) is 1. The summed E-state index contributed by atoms with van der Waals surface area (Å²) < 4.78 is 5.85. The minimum absolute atomic E-state index is 0.0613. The van der Waals surface area contributed by atoms with Crippen LogP contribution in [0.15, 0.2) is 17.1 Å². The molecule has 0 bridgehead atoms. The Morgan fingerprint density at radius 1 is 1.21 bits per heavy atom. The molecule has 0 radical (unpaired) electrons. The summed E-state index contributed by atoms with van der Waals surface area (Å²) in [4.78, 5) is 55.5. The summed E-state index contributed by atoms with van der Waals surface area (Å²) >= 11 is 0. The number of carboxylic acids is 1. The number of carboxylic acid groups (broad SMARTS) is 1. The second-order valence-corrected chi connectivity index (χ2v) is 7.97. The van der Waals surface area contributed by atoms with E-state index in [1.165, 1.54) is 9.30 Å². The number of carbonyl (C=O) groups excluding carboxylic acids is 3. The molecule has 4 rings (SSSR count). The molecular weight excluding hydrogens is 434 g/mol. The third-order valence-corrected chi connectivity index (χ3v) is 5.59. The monoisotopic (exact) mass is 461 g/mol. The highest BCUT2D eigenvalue weighted by Crippen LogP contribution is 2.30. The molecule has 0 spiro atoms. The molecule has 33 heavy (non-hydrogen) atoms. The second-order valence-electron chi connectivity index (χ2n) is 7.97. The molecule has 2 aromatic rings. The number of hydrogen-bond donors (Lipinski definition) is 2. The highest BCUT2D eigenvalue weighted by Gasteiger charge is 2.29. The number of aliphatic carboxylic acids is 1. The maximum Gasteiger partial charge on any atom is 0.360 e. The highest BCUT2D eigenvalue weighted by molar-refractivity contribution is 6.00. The number of quaternary nitrogens is 1. The number of rotatable bonds is 3. The Labute approximate surface area is 189 Å². The largest absolute Gasteiger partial charge is 0.550 e. The summed E-state index contributed by atoms with van der Waals surface area (Å²) in [6.45, 7) is 5.00. The van der Waals surface area contributed by atoms with Crippen LogP contribution in [0.1, 0.15) is 30.3 Å². The SMILES string of the molecule is CC(=O)[O-].COC(=O)c1nc2c(N3CCCC3=O)cc(N3CC[NH+](C)CC3)cn2c(=O)c1O. The first-order valence-corrected chi connectivity index (χ1v) is 10.6. The van der Waals surface area contributed by atoms with E-state index in [2.05, 4.69) is 21.7 Å². The van der Waals surface area contributed by atoms with E-state index in [1.54, 1.807) is 11.1 Å². The molecule has 0 saturated carbocycles. The summed E-state index contributed by atoms with van der Waals surface area (Å²) in [5.74, 6) is -2.83. The number of anilines is 2. The average molecular weight is 461 g/mol. The van der Waals surface area contributed by atoms with Crippen LogP contribution in [-0.2, 0) is 14.3 Å². The number of aromatic nitrogens is 2. The van der Waals surface area contributed by atoms with Crippen LogP contribution in [0.3, 0.4) is 0 Å². The summed E-state index contributed by atoms with van der Waals surface area (Å²) in [6, 6.07) is 1.84. The fraction of sp³-hybridized carbons (Fsp3) is 0.476. The van der Waals surface area contributed by atoms with Gasteiger partial charge in [0.05, 0.1) is 51.7 Å². The van der Waals surface area contributed by atoms with Crippen molar-refractivity contribution in [2.24, 2.45) is 0 Å². The van der Waals surface area contributed by atoms with Crippen molar-refractivity contribution in [2.45, 2.75) is 19.8 Å². The van der Waals surface area contributed by atoms with Crippen molar-refractivity contribution in [3.8, 4) is 5.75 Å². The predicted octanol–water partition coefficient (Wildman–Crippen LogP) is -2.60. The Morgan fingerprint density at radius 2 is 1.85 bits per heavy atom. The average Bonchev–Trinajstić information content (AvgIpc) is 3.21. The number of fused-ring (bicyclic) bond motifs is 1. The number of pyridine rings is 1. The normalized spacial score (nSPS) is 16.5. The summed E-state index contributed by atoms with van der Waals surface area (Å²) in [5.41, 5.74) is 0.144. The van der Waals surface area contributed by atoms with Crippen LogP contribution in [0.5, 0.6) is 5.75 Å². The van der Waals surface area contributed by atoms with Crippen LogP contribution in [0.2, 0.25) is 0 Å². The number of aromatic hydroxyl groups is 1. The number of amides is 1. The van der Waals surface area contributed by atoms with Gasteiger partial charge in [-0.25, -0.2) is 9.78 Å². The van der Waals surface area contributed by atoms with E-state index in [0.717, 1.165) is 45.9 Å². The van der Waals surface area contributed by atoms with E-state index in [1.807, 2.05) is 6.07 Å². The molecule has 0 atom stereocenters. The van der Waals surface area contributed by atoms with Crippen molar-refractivity contribution in [3.63, 3.8) is 0 Å². The topological polar surface area (TPSA) is 149 Å². The third-order valence-electron chi connectivity index (χ3n) is 5.59. The third kappa shape index (κ3) is 5.06. The van der Waals surface area contributed by atoms with Crippen LogP contribution < -0.4 is 25.4 Å². The first kappa shape index (κ1) is 24.0. The number of piperazine rings is 1. The zero-order chi connectivity index (χ0) is 24.3. The van der Waals surface area contributed by atoms with E-state index in [9.17, 15) is 19.5 Å². The molecule has 0 unspecified atom stereocenters. The molecule has 0 aliphatic carbocycles. The van der Waals surface area contributed by atoms with Gasteiger partial charge < -0.3 is 34.4 Å². The Morgan fingerprint density at radius 3 is 2.39 bits per heavy atom. The maximum absolute atomic E-state index is 12.8. The van der Waals surface area contributed by atoms with Crippen LogP contribution in [0.25, 0.3) is 5.65 Å². The lowest BCUT2D eigenvalue weighted by atomic mass is 10.2. The lowest BCUT2D eigenvalue weighted by molar-refractivity contribution is -0.880. The fourth-order valence-electron chi connectivity index (χ4n) is 3.86. The number of esters is 1. The van der Waals surface area contributed by atoms with E-state index in [0.29, 0.717) is 25.1 Å². The summed E-state index contributed by atoms with van der Waals surface area (Å²) in [6.07, 6.45) is 2.73. The zero-order valence-corrected chi connectivity index (χ0v) is 18.8. The molecule has 2 saturated heterocycles. The van der Waals surface area contributed by atoms with Gasteiger partial charge in [0.1, 0.15) is 0 Å². The van der Waals surface area contributed by atoms with Crippen LogP contribution in [-0.4, -0.2) is 79.2 Å². The first-order chi connectivity index (χ1) is 15.6. The number of methoxy groups -OCH3 is 1. The van der Waals surface area contributed by atoms with Crippen LogP contribution in [0.4, 0.5) is 11.4 Å². The maximum atomic E-state index is 12.8. The van der Waals surface area contributed by atoms with E-state index >= 15 is 0 Å². The van der Waals surface area contributed by atoms with Gasteiger partial charge in [0.25, 0.3) is 0 Å². The molecule has 12 heteroatoms. The molecule has 2 aliphatic rings. The Kier molecular flexibility index (Phi) is 7.16. The van der Waals surface area contributed by atoms with Gasteiger partial charge >= 0.3 is 11.5 Å². The molecule has 2 N–H and O–H groups in total. The van der Waals surface area contributed by atoms with Crippen molar-refractivity contribution >= 4 is 34.9 Å². The molecule has 12 nitrogen and oxygen atoms in total. The van der Waals surface area contributed by atoms with E-state index in [-0.39, 0.29) is 11.6 Å². The quantitative estimate of drug-likeness (QED) is 0.470. The van der Waals surface area contributed by atoms with Gasteiger partial charge in [0.15, 0.2) is 11.3 Å². The van der Waals surface area contributed by atoms with Gasteiger partial charge in [-0.2, -0.15) is 0 Å². The molecule has 2 fully saturated rings. The lowest BCUT2D eigenvalue weighted by Gasteiger charge is -2.32. The number of nitrogens with one attached hydrogen (secondary N) is 1. The van der Waals surface area contributed by atoms with E-state index < -0.39 is 28.9 Å². The minimum Gasteiger partial charge on any atom is -0.550 e. The first-order valence-electron chi connectivity index (χ1n) is 10.6. The predicted molar refractivity (Wildman–Crippen MR) is 116 cm³/mol. The molecule has 2 aliphatic heterocycles. The van der Waals surface area contributed by atoms with Crippen LogP contribution in [0, 0.1) is 0 Å². The molecule has 178 valence electrons. The van der Waals surface area contributed by atoms with Crippen LogP contribution >= 0.6 is 0 Å². The van der Waals surface area contributed by atoms with Crippen molar-refractivity contribution in [1.82, 2.24) is 9.38 Å². The Balaban J connectivity index is 0.000000709. The minimum atomic E-state index is -1.08. The summed E-state index contributed by atoms with van der Waals surface area (Å²) in [7, 11) is 3.28. The Hall–Kier alpha value is -3.67. The smallest absolute Gasteiger partial charge is 0.360 e. The zero-order valence-electron chi connectivity index (χ0n) is 18.8. The molecule has 2 aromatic heterocycles. The van der Waals surface area contributed by atoms with Crippen molar-refractivity contribution < 1.29 is 34.2 Å². The highest BCUT2D eigenvalue weighted by atomic mass is 16.5. The molecule has 4 heterocycles. The number of carbonyl (C=O) groups is 3. The number of nitrogens with zero attached hydrogens (tertiary/aromatic N) is 4. The standard InChI is InChI=1S/C19H23N5O5.C2H4O2/c1-21-6-8-22(9-7-21)12-10-13(23-5-3-4-14(23)25)17-20-15(19(28)29-2)16(26)18(27)24(17)11-12;1-2(3)4/h10-11,26H,3-9H2,1-2H3;1H3,(H,3,4). The fourth-order valence-corrected chi connectivity index (χ4v) is 3.86. The number of ether oxygens (including phenoxy) is 1. The second kappa shape index (κ2) is 9.86. The van der Waals surface area contributed by atoms with Crippen molar-refractivity contribution in [2.75, 3.05) is 56.7 Å².